The number of sulfone groups is 1. The van der Waals surface area contributed by atoms with Gasteiger partial charge in [-0.05, 0) is 18.2 Å². The van der Waals surface area contributed by atoms with Gasteiger partial charge in [-0.1, -0.05) is 0 Å². The molecule has 2 rings (SSSR count). The van der Waals surface area contributed by atoms with E-state index in [0.717, 1.165) is 6.26 Å². The Bertz CT molecular complexity index is 766. The molecule has 21 heavy (non-hydrogen) atoms. The van der Waals surface area contributed by atoms with Crippen LogP contribution in [0.1, 0.15) is 10.4 Å². The second-order valence-electron chi connectivity index (χ2n) is 4.59. The summed E-state index contributed by atoms with van der Waals surface area (Å²) in [6.07, 6.45) is 2.64. The lowest BCUT2D eigenvalue weighted by atomic mass is 10.2. The predicted octanol–water partition coefficient (Wildman–Crippen LogP) is 0.840. The molecule has 0 spiro atoms. The van der Waals surface area contributed by atoms with Crippen molar-refractivity contribution in [2.75, 3.05) is 20.5 Å². The molecular weight excluding hydrogens is 296 g/mol. The number of ether oxygens (including phenoxy) is 2. The number of methoxy groups -OCH3 is 2. The van der Waals surface area contributed by atoms with Crippen molar-refractivity contribution in [1.82, 2.24) is 9.55 Å². The maximum Gasteiger partial charge on any atom is 0.337 e. The lowest BCUT2D eigenvalue weighted by molar-refractivity contribution is 0.0601. The fraction of sp³-hybridized carbons (Fsp3) is 0.385. The van der Waals surface area contributed by atoms with Crippen molar-refractivity contribution >= 4 is 26.8 Å². The van der Waals surface area contributed by atoms with Crippen molar-refractivity contribution in [3.05, 3.63) is 30.1 Å². The van der Waals surface area contributed by atoms with E-state index in [0.29, 0.717) is 16.6 Å². The summed E-state index contributed by atoms with van der Waals surface area (Å²) < 4.78 is 34.5. The van der Waals surface area contributed by atoms with E-state index in [2.05, 4.69) is 9.72 Å². The first-order chi connectivity index (χ1) is 9.86. The van der Waals surface area contributed by atoms with Crippen LogP contribution in [-0.2, 0) is 25.9 Å². The van der Waals surface area contributed by atoms with Crippen LogP contribution in [0, 0.1) is 0 Å². The summed E-state index contributed by atoms with van der Waals surface area (Å²) in [5.41, 5.74) is 0.742. The normalized spacial score (nSPS) is 13.3. The van der Waals surface area contributed by atoms with E-state index in [1.807, 2.05) is 0 Å². The van der Waals surface area contributed by atoms with Gasteiger partial charge in [0.15, 0.2) is 15.3 Å². The Hall–Kier alpha value is -1.93. The van der Waals surface area contributed by atoms with Crippen LogP contribution < -0.4 is 0 Å². The molecule has 0 bridgehead atoms. The number of hydrogen-bond acceptors (Lipinski definition) is 6. The molecule has 0 aliphatic rings. The van der Waals surface area contributed by atoms with Gasteiger partial charge in [-0.3, -0.25) is 0 Å². The molecule has 1 aromatic carbocycles. The van der Waals surface area contributed by atoms with E-state index in [-0.39, 0.29) is 6.54 Å². The summed E-state index contributed by atoms with van der Waals surface area (Å²) in [6.45, 7) is 0.128. The van der Waals surface area contributed by atoms with Crippen LogP contribution in [0.15, 0.2) is 24.5 Å². The smallest absolute Gasteiger partial charge is 0.337 e. The third-order valence-electron chi connectivity index (χ3n) is 3.13. The van der Waals surface area contributed by atoms with E-state index in [1.165, 1.54) is 20.5 Å². The van der Waals surface area contributed by atoms with Crippen LogP contribution in [-0.4, -0.2) is 49.8 Å². The van der Waals surface area contributed by atoms with Crippen LogP contribution in [0.4, 0.5) is 0 Å². The highest BCUT2D eigenvalue weighted by molar-refractivity contribution is 7.91. The number of nitrogens with zero attached hydrogens (tertiary/aromatic N) is 2. The van der Waals surface area contributed by atoms with Gasteiger partial charge in [0, 0.05) is 13.4 Å². The van der Waals surface area contributed by atoms with Crippen LogP contribution in [0.5, 0.6) is 0 Å². The van der Waals surface area contributed by atoms with E-state index in [4.69, 9.17) is 4.74 Å². The Labute approximate surface area is 122 Å². The average Bonchev–Trinajstić information content (AvgIpc) is 2.84. The zero-order valence-electron chi connectivity index (χ0n) is 11.9. The number of esters is 1. The minimum absolute atomic E-state index is 0.128. The molecule has 0 aliphatic heterocycles. The fourth-order valence-electron chi connectivity index (χ4n) is 2.00. The number of carbonyl (C=O) groups excluding carboxylic acids is 1. The number of fused-ring (bicyclic) bond motifs is 1. The maximum absolute atomic E-state index is 11.6. The van der Waals surface area contributed by atoms with Gasteiger partial charge in [0.25, 0.3) is 0 Å². The minimum Gasteiger partial charge on any atom is -0.465 e. The summed E-state index contributed by atoms with van der Waals surface area (Å²) in [6, 6.07) is 4.90. The number of rotatable bonds is 5. The van der Waals surface area contributed by atoms with E-state index >= 15 is 0 Å². The van der Waals surface area contributed by atoms with Gasteiger partial charge in [0.1, 0.15) is 0 Å². The lowest BCUT2D eigenvalue weighted by Crippen LogP contribution is -2.27. The Kier molecular flexibility index (Phi) is 4.29. The Morgan fingerprint density at radius 1 is 1.38 bits per heavy atom. The minimum atomic E-state index is -3.33. The van der Waals surface area contributed by atoms with Crippen molar-refractivity contribution < 1.29 is 22.7 Å². The molecule has 0 saturated carbocycles. The van der Waals surface area contributed by atoms with Crippen LogP contribution >= 0.6 is 0 Å². The molecule has 0 saturated heterocycles. The van der Waals surface area contributed by atoms with Crippen molar-refractivity contribution in [2.45, 2.75) is 12.0 Å². The summed E-state index contributed by atoms with van der Waals surface area (Å²) in [4.78, 5) is 15.6. The number of imidazole rings is 1. The van der Waals surface area contributed by atoms with Crippen molar-refractivity contribution in [3.8, 4) is 0 Å². The summed E-state index contributed by atoms with van der Waals surface area (Å²) in [5, 5.41) is 0. The number of benzene rings is 1. The first kappa shape index (κ1) is 15.5. The molecule has 0 fully saturated rings. The first-order valence-corrected chi connectivity index (χ1v) is 8.07. The molecule has 1 heterocycles. The molecule has 1 atom stereocenters. The van der Waals surface area contributed by atoms with E-state index in [9.17, 15) is 13.2 Å². The molecule has 2 aromatic rings. The van der Waals surface area contributed by atoms with Gasteiger partial charge in [0.2, 0.25) is 0 Å². The second kappa shape index (κ2) is 5.82. The Balaban J connectivity index is 2.37. The van der Waals surface area contributed by atoms with Gasteiger partial charge in [-0.2, -0.15) is 0 Å². The molecule has 114 valence electrons. The van der Waals surface area contributed by atoms with Gasteiger partial charge in [-0.25, -0.2) is 18.2 Å². The number of aromatic nitrogens is 2. The molecule has 1 unspecified atom stereocenters. The lowest BCUT2D eigenvalue weighted by Gasteiger charge is -2.14. The third-order valence-corrected chi connectivity index (χ3v) is 4.42. The van der Waals surface area contributed by atoms with Crippen LogP contribution in [0.3, 0.4) is 0 Å². The standard InChI is InChI=1S/C13H16N2O5S/c1-19-12(21(3,17)18)7-15-8-14-10-6-9(13(16)20-2)4-5-11(10)15/h4-6,8,12H,7H2,1-3H3. The zero-order valence-corrected chi connectivity index (χ0v) is 12.8. The highest BCUT2D eigenvalue weighted by atomic mass is 32.2. The third kappa shape index (κ3) is 3.22. The monoisotopic (exact) mass is 312 g/mol. The average molecular weight is 312 g/mol. The fourth-order valence-corrected chi connectivity index (χ4v) is 2.78. The van der Waals surface area contributed by atoms with Crippen LogP contribution in [0.25, 0.3) is 11.0 Å². The van der Waals surface area contributed by atoms with Gasteiger partial charge < -0.3 is 14.0 Å². The molecule has 0 radical (unpaired) electrons. The second-order valence-corrected chi connectivity index (χ2v) is 6.77. The van der Waals surface area contributed by atoms with E-state index in [1.54, 1.807) is 22.8 Å². The number of carbonyl (C=O) groups is 1. The summed E-state index contributed by atoms with van der Waals surface area (Å²) in [7, 11) is -0.677. The predicted molar refractivity (Wildman–Crippen MR) is 76.7 cm³/mol. The molecule has 8 heteroatoms. The molecular formula is C13H16N2O5S. The molecule has 0 N–H and O–H groups in total. The first-order valence-electron chi connectivity index (χ1n) is 6.11. The molecule has 0 amide bonds. The number of hydrogen-bond donors (Lipinski definition) is 0. The highest BCUT2D eigenvalue weighted by Gasteiger charge is 2.21. The van der Waals surface area contributed by atoms with Crippen molar-refractivity contribution in [3.63, 3.8) is 0 Å². The van der Waals surface area contributed by atoms with Crippen molar-refractivity contribution in [1.29, 1.82) is 0 Å². The highest BCUT2D eigenvalue weighted by Crippen LogP contribution is 2.17. The van der Waals surface area contributed by atoms with Crippen LogP contribution in [0.2, 0.25) is 0 Å². The molecule has 7 nitrogen and oxygen atoms in total. The topological polar surface area (TPSA) is 87.5 Å². The van der Waals surface area contributed by atoms with E-state index < -0.39 is 21.2 Å². The quantitative estimate of drug-likeness (QED) is 0.760. The Morgan fingerprint density at radius 3 is 2.67 bits per heavy atom. The molecule has 0 aliphatic carbocycles. The SMILES string of the molecule is COC(=O)c1ccc2c(c1)ncn2CC(OC)S(C)(=O)=O. The molecule has 1 aromatic heterocycles. The Morgan fingerprint density at radius 2 is 2.10 bits per heavy atom. The van der Waals surface area contributed by atoms with Gasteiger partial charge in [0.05, 0.1) is 36.6 Å². The van der Waals surface area contributed by atoms with Gasteiger partial charge >= 0.3 is 5.97 Å². The zero-order chi connectivity index (χ0) is 15.6. The van der Waals surface area contributed by atoms with Crippen molar-refractivity contribution in [2.24, 2.45) is 0 Å². The largest absolute Gasteiger partial charge is 0.465 e. The maximum atomic E-state index is 11.6. The summed E-state index contributed by atoms with van der Waals surface area (Å²) in [5.74, 6) is -0.447. The van der Waals surface area contributed by atoms with Gasteiger partial charge in [-0.15, -0.1) is 0 Å². The summed E-state index contributed by atoms with van der Waals surface area (Å²) >= 11 is 0.